The van der Waals surface area contributed by atoms with Crippen molar-refractivity contribution in [1.29, 1.82) is 0 Å². The number of nitrogens with one attached hydrogen (secondary N) is 1. The molecule has 1 N–H and O–H groups in total. The lowest BCUT2D eigenvalue weighted by molar-refractivity contribution is 0.246. The number of hydrogen-bond donors (Lipinski definition) is 1. The van der Waals surface area contributed by atoms with Gasteiger partial charge in [0.05, 0.1) is 6.61 Å². The highest BCUT2D eigenvalue weighted by Crippen LogP contribution is 2.26. The maximum absolute atomic E-state index is 5.95. The fourth-order valence-corrected chi connectivity index (χ4v) is 3.59. The summed E-state index contributed by atoms with van der Waals surface area (Å²) >= 11 is 0. The van der Waals surface area contributed by atoms with E-state index in [1.807, 2.05) is 0 Å². The van der Waals surface area contributed by atoms with Crippen LogP contribution in [0, 0.1) is 5.92 Å². The molecule has 27 heavy (non-hydrogen) atoms. The molecule has 1 unspecified atom stereocenters. The van der Waals surface area contributed by atoms with Crippen molar-refractivity contribution in [2.24, 2.45) is 5.92 Å². The van der Waals surface area contributed by atoms with Gasteiger partial charge in [0.2, 0.25) is 0 Å². The second-order valence-electron chi connectivity index (χ2n) is 7.98. The molecule has 1 aromatic rings. The summed E-state index contributed by atoms with van der Waals surface area (Å²) in [5.41, 5.74) is 1.40. The van der Waals surface area contributed by atoms with Crippen LogP contribution in [0.3, 0.4) is 0 Å². The molecule has 0 aliphatic heterocycles. The number of hydrogen-bond acceptors (Lipinski definition) is 3. The van der Waals surface area contributed by atoms with Crippen LogP contribution < -0.4 is 10.1 Å². The van der Waals surface area contributed by atoms with E-state index in [9.17, 15) is 0 Å². The van der Waals surface area contributed by atoms with Crippen LogP contribution in [-0.2, 0) is 6.42 Å². The normalized spacial score (nSPS) is 15.7. The maximum Gasteiger partial charge on any atom is 0.119 e. The van der Waals surface area contributed by atoms with Crippen molar-refractivity contribution in [2.45, 2.75) is 64.3 Å². The van der Waals surface area contributed by atoms with Gasteiger partial charge in [-0.1, -0.05) is 44.2 Å². The minimum absolute atomic E-state index is 0. The predicted molar refractivity (Wildman–Crippen MR) is 122 cm³/mol. The molecule has 0 aromatic heterocycles. The second-order valence-corrected chi connectivity index (χ2v) is 7.98. The predicted octanol–water partition coefficient (Wildman–Crippen LogP) is 5.35. The van der Waals surface area contributed by atoms with E-state index in [1.54, 1.807) is 0 Å². The third-order valence-corrected chi connectivity index (χ3v) is 5.36. The smallest absolute Gasteiger partial charge is 0.119 e. The molecule has 0 heterocycles. The molecule has 3 nitrogen and oxygen atoms in total. The Kier molecular flexibility index (Phi) is 15.2. The molecular formula is C22H40Cl2N2O. The van der Waals surface area contributed by atoms with Crippen molar-refractivity contribution in [1.82, 2.24) is 10.2 Å². The molecule has 5 heteroatoms. The third kappa shape index (κ3) is 11.8. The average molecular weight is 419 g/mol. The SMILES string of the molecule is CC(CCc1ccc(OCCC2CCCCC2)cc1)NCCN(C)C.Cl.Cl. The zero-order chi connectivity index (χ0) is 17.9. The number of halogens is 2. The van der Waals surface area contributed by atoms with Crippen molar-refractivity contribution >= 4 is 24.8 Å². The van der Waals surface area contributed by atoms with E-state index < -0.39 is 0 Å². The maximum atomic E-state index is 5.95. The molecule has 1 atom stereocenters. The Balaban J connectivity index is 0.00000338. The van der Waals surface area contributed by atoms with Gasteiger partial charge < -0.3 is 15.0 Å². The quantitative estimate of drug-likeness (QED) is 0.523. The number of aryl methyl sites for hydroxylation is 1. The van der Waals surface area contributed by atoms with E-state index in [2.05, 4.69) is 55.5 Å². The highest BCUT2D eigenvalue weighted by molar-refractivity contribution is 5.85. The highest BCUT2D eigenvalue weighted by Gasteiger charge is 2.13. The van der Waals surface area contributed by atoms with Gasteiger partial charge in [0, 0.05) is 19.1 Å². The first-order valence-electron chi connectivity index (χ1n) is 10.2. The summed E-state index contributed by atoms with van der Waals surface area (Å²) in [6.45, 7) is 5.30. The minimum atomic E-state index is 0. The lowest BCUT2D eigenvalue weighted by atomic mass is 9.87. The first-order chi connectivity index (χ1) is 12.1. The molecule has 1 fully saturated rings. The van der Waals surface area contributed by atoms with E-state index in [1.165, 1.54) is 50.5 Å². The number of likely N-dealkylation sites (N-methyl/N-ethyl adjacent to an activating group) is 1. The second kappa shape index (κ2) is 15.4. The Labute approximate surface area is 179 Å². The van der Waals surface area contributed by atoms with Crippen LogP contribution >= 0.6 is 24.8 Å². The van der Waals surface area contributed by atoms with Gasteiger partial charge in [-0.3, -0.25) is 0 Å². The van der Waals surface area contributed by atoms with E-state index in [0.717, 1.165) is 37.8 Å². The standard InChI is InChI=1S/C22H38N2O.2ClH/c1-19(23-16-17-24(2)3)9-10-21-11-13-22(14-12-21)25-18-15-20-7-5-4-6-8-20;;/h11-14,19-20,23H,4-10,15-18H2,1-3H3;2*1H. The first-order valence-corrected chi connectivity index (χ1v) is 10.2. The summed E-state index contributed by atoms with van der Waals surface area (Å²) in [5.74, 6) is 1.92. The molecular weight excluding hydrogens is 379 g/mol. The average Bonchev–Trinajstić information content (AvgIpc) is 2.62. The molecule has 1 aromatic carbocycles. The number of benzene rings is 1. The van der Waals surface area contributed by atoms with Crippen molar-refractivity contribution in [3.05, 3.63) is 29.8 Å². The molecule has 158 valence electrons. The van der Waals surface area contributed by atoms with Gasteiger partial charge in [0.1, 0.15) is 5.75 Å². The number of rotatable bonds is 11. The third-order valence-electron chi connectivity index (χ3n) is 5.36. The van der Waals surface area contributed by atoms with Crippen molar-refractivity contribution < 1.29 is 4.74 Å². The van der Waals surface area contributed by atoms with Crippen molar-refractivity contribution in [3.63, 3.8) is 0 Å². The summed E-state index contributed by atoms with van der Waals surface area (Å²) in [7, 11) is 4.23. The fourth-order valence-electron chi connectivity index (χ4n) is 3.59. The van der Waals surface area contributed by atoms with Crippen molar-refractivity contribution in [3.8, 4) is 5.75 Å². The molecule has 0 spiro atoms. The molecule has 2 rings (SSSR count). The van der Waals surface area contributed by atoms with Crippen molar-refractivity contribution in [2.75, 3.05) is 33.8 Å². The zero-order valence-corrected chi connectivity index (χ0v) is 19.0. The Bertz CT molecular complexity index is 462. The molecule has 1 saturated carbocycles. The van der Waals surface area contributed by atoms with Gasteiger partial charge in [0.25, 0.3) is 0 Å². The molecule has 1 aliphatic carbocycles. The van der Waals surface area contributed by atoms with Crippen LogP contribution in [0.2, 0.25) is 0 Å². The number of nitrogens with zero attached hydrogens (tertiary/aromatic N) is 1. The molecule has 1 aliphatic rings. The van der Waals surface area contributed by atoms with Gasteiger partial charge in [-0.2, -0.15) is 0 Å². The van der Waals surface area contributed by atoms with E-state index in [4.69, 9.17) is 4.74 Å². The summed E-state index contributed by atoms with van der Waals surface area (Å²) in [4.78, 5) is 2.21. The van der Waals surface area contributed by atoms with Crippen LogP contribution in [0.25, 0.3) is 0 Å². The largest absolute Gasteiger partial charge is 0.494 e. The summed E-state index contributed by atoms with van der Waals surface area (Å²) in [5, 5.41) is 3.59. The monoisotopic (exact) mass is 418 g/mol. The Morgan fingerprint density at radius 1 is 1.07 bits per heavy atom. The van der Waals surface area contributed by atoms with Gasteiger partial charge in [-0.05, 0) is 63.9 Å². The minimum Gasteiger partial charge on any atom is -0.494 e. The van der Waals surface area contributed by atoms with Crippen LogP contribution in [0.15, 0.2) is 24.3 Å². The number of ether oxygens (including phenoxy) is 1. The summed E-state index contributed by atoms with van der Waals surface area (Å²) in [6, 6.07) is 9.29. The summed E-state index contributed by atoms with van der Waals surface area (Å²) in [6.07, 6.45) is 10.6. The molecule has 0 radical (unpaired) electrons. The van der Waals surface area contributed by atoms with Crippen LogP contribution in [0.4, 0.5) is 0 Å². The van der Waals surface area contributed by atoms with Crippen LogP contribution in [0.5, 0.6) is 5.75 Å². The highest BCUT2D eigenvalue weighted by atomic mass is 35.5. The van der Waals surface area contributed by atoms with E-state index in [-0.39, 0.29) is 24.8 Å². The van der Waals surface area contributed by atoms with Crippen LogP contribution in [-0.4, -0.2) is 44.7 Å². The van der Waals surface area contributed by atoms with Gasteiger partial charge in [-0.25, -0.2) is 0 Å². The lowest BCUT2D eigenvalue weighted by Gasteiger charge is -2.21. The van der Waals surface area contributed by atoms with Crippen LogP contribution in [0.1, 0.15) is 57.4 Å². The Morgan fingerprint density at radius 3 is 2.37 bits per heavy atom. The molecule has 0 bridgehead atoms. The Hall–Kier alpha value is -0.480. The lowest BCUT2D eigenvalue weighted by Crippen LogP contribution is -2.33. The zero-order valence-electron chi connectivity index (χ0n) is 17.4. The van der Waals surface area contributed by atoms with Gasteiger partial charge in [-0.15, -0.1) is 24.8 Å². The topological polar surface area (TPSA) is 24.5 Å². The molecule has 0 saturated heterocycles. The van der Waals surface area contributed by atoms with Gasteiger partial charge >= 0.3 is 0 Å². The van der Waals surface area contributed by atoms with E-state index >= 15 is 0 Å². The fraction of sp³-hybridized carbons (Fsp3) is 0.727. The Morgan fingerprint density at radius 2 is 1.74 bits per heavy atom. The van der Waals surface area contributed by atoms with E-state index in [0.29, 0.717) is 6.04 Å². The van der Waals surface area contributed by atoms with Gasteiger partial charge in [0.15, 0.2) is 0 Å². The summed E-state index contributed by atoms with van der Waals surface area (Å²) < 4.78 is 5.95. The first kappa shape index (κ1) is 26.5. The molecule has 0 amide bonds.